The fraction of sp³-hybridized carbons (Fsp3) is 0.840. The number of aliphatic hydroxyl groups is 6. The molecule has 16 atom stereocenters. The highest BCUT2D eigenvalue weighted by atomic mass is 16.5. The fourth-order valence-electron chi connectivity index (χ4n) is 17.6. The molecule has 0 radical (unpaired) electrons. The van der Waals surface area contributed by atoms with Crippen LogP contribution in [0.25, 0.3) is 0 Å². The maximum atomic E-state index is 12.8. The van der Waals surface area contributed by atoms with Gasteiger partial charge in [-0.15, -0.1) is 0 Å². The molecule has 62 heavy (non-hydrogen) atoms. The van der Waals surface area contributed by atoms with E-state index in [2.05, 4.69) is 13.8 Å². The van der Waals surface area contributed by atoms with E-state index >= 15 is 0 Å². The normalized spacial score (nSPS) is 52.1. The second-order valence-corrected chi connectivity index (χ2v) is 22.8. The van der Waals surface area contributed by atoms with Gasteiger partial charge < -0.3 is 40.1 Å². The average Bonchev–Trinajstić information content (AvgIpc) is 3.98. The zero-order valence-corrected chi connectivity index (χ0v) is 37.1. The van der Waals surface area contributed by atoms with Gasteiger partial charge in [-0.1, -0.05) is 13.8 Å². The molecule has 0 spiro atoms. The minimum atomic E-state index is -1.10. The van der Waals surface area contributed by atoms with Crippen LogP contribution in [0.4, 0.5) is 0 Å². The number of rotatable bonds is 9. The first kappa shape index (κ1) is 43.4. The Hall–Kier alpha value is -2.48. The molecular weight excluding hydrogens is 789 g/mol. The summed E-state index contributed by atoms with van der Waals surface area (Å²) >= 11 is 0. The van der Waals surface area contributed by atoms with E-state index in [1.807, 2.05) is 12.4 Å². The van der Waals surface area contributed by atoms with Crippen LogP contribution >= 0.6 is 0 Å². The van der Waals surface area contributed by atoms with Crippen molar-refractivity contribution in [1.82, 2.24) is 0 Å². The van der Waals surface area contributed by atoms with Crippen molar-refractivity contribution in [1.29, 1.82) is 0 Å². The Morgan fingerprint density at radius 3 is 1.35 bits per heavy atom. The second-order valence-electron chi connectivity index (χ2n) is 22.8. The fourth-order valence-corrected chi connectivity index (χ4v) is 17.6. The number of carbonyl (C=O) groups excluding carboxylic acids is 2. The number of carbonyl (C=O) groups is 2. The monoisotopic (exact) mass is 861 g/mol. The summed E-state index contributed by atoms with van der Waals surface area (Å²) in [7, 11) is 0. The van der Waals surface area contributed by atoms with Crippen molar-refractivity contribution in [3.63, 3.8) is 0 Å². The number of hydrogen-bond acceptors (Lipinski definition) is 12. The van der Waals surface area contributed by atoms with Gasteiger partial charge in [-0.05, 0) is 162 Å². The van der Waals surface area contributed by atoms with Crippen molar-refractivity contribution >= 4 is 24.4 Å². The number of esters is 2. The van der Waals surface area contributed by atoms with Crippen molar-refractivity contribution in [2.45, 2.75) is 177 Å². The van der Waals surface area contributed by atoms with Crippen molar-refractivity contribution in [2.75, 3.05) is 26.3 Å². The van der Waals surface area contributed by atoms with Crippen LogP contribution in [0.5, 0.6) is 0 Å². The first-order chi connectivity index (χ1) is 29.5. The van der Waals surface area contributed by atoms with E-state index in [1.165, 1.54) is 0 Å². The first-order valence-electron chi connectivity index (χ1n) is 24.5. The molecule has 0 aromatic heterocycles. The SMILES string of the molecule is C[C@]12CC[C@H]3[C@@H](CC[C@@]4(O)C[C@@H](O)CC[C@]34C=NCCCCN=C[C@]34CC[C@@H](O)C[C@@]3(O)CC[C@H]3[C@@H]4CC[C@]4(C)[C@H](C5=CC(=O)OC5)CC[C@@]34O)[C@]1(O)CC[C@H]2C1=CC(=O)OC1. The summed E-state index contributed by atoms with van der Waals surface area (Å²) in [4.78, 5) is 34.2. The number of nitrogens with zero attached hydrogens (tertiary/aromatic N) is 2. The number of ether oxygens (including phenoxy) is 2. The van der Waals surface area contributed by atoms with Crippen molar-refractivity contribution in [2.24, 2.45) is 67.2 Å². The summed E-state index contributed by atoms with van der Waals surface area (Å²) < 4.78 is 10.6. The quantitative estimate of drug-likeness (QED) is 0.100. The van der Waals surface area contributed by atoms with E-state index < -0.39 is 45.4 Å². The lowest BCUT2D eigenvalue weighted by molar-refractivity contribution is -0.237. The zero-order valence-electron chi connectivity index (χ0n) is 37.1. The highest BCUT2D eigenvalue weighted by molar-refractivity contribution is 5.86. The van der Waals surface area contributed by atoms with Crippen LogP contribution in [0, 0.1) is 57.2 Å². The lowest BCUT2D eigenvalue weighted by Crippen LogP contribution is -2.68. The number of aliphatic imine (C=N–C) groups is 2. The molecule has 10 aliphatic rings. The third-order valence-electron chi connectivity index (χ3n) is 20.7. The van der Waals surface area contributed by atoms with Crippen LogP contribution in [0.2, 0.25) is 0 Å². The van der Waals surface area contributed by atoms with E-state index in [9.17, 15) is 40.2 Å². The van der Waals surface area contributed by atoms with Gasteiger partial charge in [0.25, 0.3) is 0 Å². The molecule has 8 fully saturated rings. The third kappa shape index (κ3) is 6.03. The number of fused-ring (bicyclic) bond motifs is 10. The van der Waals surface area contributed by atoms with Gasteiger partial charge in [0.05, 0.1) is 34.6 Å². The molecule has 12 heteroatoms. The molecule has 0 aromatic carbocycles. The van der Waals surface area contributed by atoms with Gasteiger partial charge in [-0.3, -0.25) is 9.98 Å². The Balaban J connectivity index is 0.829. The highest BCUT2D eigenvalue weighted by Gasteiger charge is 2.73. The topological polar surface area (TPSA) is 199 Å². The number of hydrogen-bond donors (Lipinski definition) is 6. The Bertz CT molecular complexity index is 1820. The number of aliphatic hydroxyl groups excluding tert-OH is 2. The molecule has 0 saturated heterocycles. The predicted octanol–water partition coefficient (Wildman–Crippen LogP) is 5.33. The maximum Gasteiger partial charge on any atom is 0.331 e. The Labute approximate surface area is 366 Å². The molecule has 10 rings (SSSR count). The molecule has 8 aliphatic carbocycles. The number of unbranched alkanes of at least 4 members (excludes halogenated alkanes) is 1. The minimum Gasteiger partial charge on any atom is -0.458 e. The smallest absolute Gasteiger partial charge is 0.331 e. The van der Waals surface area contributed by atoms with E-state index in [4.69, 9.17) is 19.5 Å². The molecule has 8 saturated carbocycles. The summed E-state index contributed by atoms with van der Waals surface area (Å²) in [6.45, 7) is 6.18. The average molecular weight is 861 g/mol. The van der Waals surface area contributed by atoms with Crippen LogP contribution in [0.15, 0.2) is 33.3 Å². The molecule has 2 heterocycles. The van der Waals surface area contributed by atoms with Crippen LogP contribution in [0.3, 0.4) is 0 Å². The lowest BCUT2D eigenvalue weighted by atomic mass is 9.41. The summed E-state index contributed by atoms with van der Waals surface area (Å²) in [6.07, 6.45) is 19.6. The van der Waals surface area contributed by atoms with Gasteiger partial charge in [-0.25, -0.2) is 9.59 Å². The molecule has 6 N–H and O–H groups in total. The molecule has 0 aromatic rings. The molecule has 0 unspecified atom stereocenters. The third-order valence-corrected chi connectivity index (χ3v) is 20.7. The molecule has 2 aliphatic heterocycles. The van der Waals surface area contributed by atoms with Crippen LogP contribution in [-0.4, -0.2) is 116 Å². The predicted molar refractivity (Wildman–Crippen MR) is 231 cm³/mol. The first-order valence-corrected chi connectivity index (χ1v) is 24.5. The second kappa shape index (κ2) is 15.0. The van der Waals surface area contributed by atoms with Gasteiger partial charge >= 0.3 is 11.9 Å². The summed E-state index contributed by atoms with van der Waals surface area (Å²) in [5, 5.41) is 72.2. The van der Waals surface area contributed by atoms with Gasteiger partial charge in [0.2, 0.25) is 0 Å². The van der Waals surface area contributed by atoms with Crippen molar-refractivity contribution in [3.8, 4) is 0 Å². The minimum absolute atomic E-state index is 0.0156. The summed E-state index contributed by atoms with van der Waals surface area (Å²) in [5.74, 6) is -0.373. The van der Waals surface area contributed by atoms with Gasteiger partial charge in [0.15, 0.2) is 0 Å². The van der Waals surface area contributed by atoms with E-state index in [1.54, 1.807) is 12.2 Å². The summed E-state index contributed by atoms with van der Waals surface area (Å²) in [6, 6.07) is 0. The lowest BCUT2D eigenvalue weighted by Gasteiger charge is -2.65. The Kier molecular flexibility index (Phi) is 10.5. The summed E-state index contributed by atoms with van der Waals surface area (Å²) in [5.41, 5.74) is -4.09. The van der Waals surface area contributed by atoms with Crippen LogP contribution in [-0.2, 0) is 19.1 Å². The zero-order chi connectivity index (χ0) is 43.6. The van der Waals surface area contributed by atoms with E-state index in [0.29, 0.717) is 103 Å². The molecule has 0 bridgehead atoms. The van der Waals surface area contributed by atoms with Crippen LogP contribution < -0.4 is 0 Å². The molecule has 12 nitrogen and oxygen atoms in total. The highest BCUT2D eigenvalue weighted by Crippen LogP contribution is 2.72. The number of cyclic esters (lactones) is 2. The molecular formula is C50H72N2O10. The molecule has 342 valence electrons. The Morgan fingerprint density at radius 2 is 0.968 bits per heavy atom. The van der Waals surface area contributed by atoms with E-state index in [0.717, 1.165) is 62.5 Å². The van der Waals surface area contributed by atoms with Gasteiger partial charge in [-0.2, -0.15) is 0 Å². The Morgan fingerprint density at radius 1 is 0.565 bits per heavy atom. The largest absolute Gasteiger partial charge is 0.458 e. The van der Waals surface area contributed by atoms with Crippen molar-refractivity contribution in [3.05, 3.63) is 23.3 Å². The van der Waals surface area contributed by atoms with Crippen LogP contribution in [0.1, 0.15) is 142 Å². The maximum absolute atomic E-state index is 12.8. The standard InChI is InChI=1S/C50H72N2O10/c1-43-13-7-37-39(49(43,59)19-11-35(43)31-23-41(55)61-27-31)9-17-47(57)25-33(53)5-15-45(37,47)29-51-21-3-4-22-52-30-46-16-6-34(54)26-48(46,58)18-10-40-38(46)8-14-44(2)36(12-20-50(40,44)60)32-24-42(56)62-28-32/h23-24,29-30,33-40,53-54,57-60H,3-22,25-28H2,1-2H3/t33-,34+,35-,36-,37-,38-,39+,40-,43+,44+,45-,46-,47+,48-,49+,50+/m0/s1. The molecule has 0 amide bonds. The van der Waals surface area contributed by atoms with Crippen molar-refractivity contribution < 1.29 is 49.7 Å². The van der Waals surface area contributed by atoms with E-state index in [-0.39, 0.29) is 58.3 Å². The van der Waals surface area contributed by atoms with Gasteiger partial charge in [0, 0.05) is 72.2 Å². The van der Waals surface area contributed by atoms with Gasteiger partial charge in [0.1, 0.15) is 13.2 Å².